The molecule has 3 heterocycles. The van der Waals surface area contributed by atoms with Crippen molar-refractivity contribution in [2.24, 2.45) is 0 Å². The third kappa shape index (κ3) is 11.1. The molecular formula is C64H57IrN4O3Si. The van der Waals surface area contributed by atoms with Crippen LogP contribution in [0.1, 0.15) is 72.1 Å². The van der Waals surface area contributed by atoms with Gasteiger partial charge < -0.3 is 24.8 Å². The maximum absolute atomic E-state index is 12.7. The van der Waals surface area contributed by atoms with Crippen molar-refractivity contribution in [2.75, 3.05) is 4.90 Å². The van der Waals surface area contributed by atoms with Gasteiger partial charge in [-0.3, -0.25) is 9.78 Å². The summed E-state index contributed by atoms with van der Waals surface area (Å²) in [5.74, 6) is -0.585. The van der Waals surface area contributed by atoms with Gasteiger partial charge in [-0.25, -0.2) is 0 Å². The molecule has 0 saturated carbocycles. The summed E-state index contributed by atoms with van der Waals surface area (Å²) >= 11 is 0. The van der Waals surface area contributed by atoms with Crippen LogP contribution in [-0.2, 0) is 20.1 Å². The number of furan rings is 1. The molecule has 3 aromatic heterocycles. The Bertz CT molecular complexity index is 3520. The van der Waals surface area contributed by atoms with Gasteiger partial charge in [0.2, 0.25) is 0 Å². The number of anilines is 2. The van der Waals surface area contributed by atoms with E-state index < -0.39 is 14.0 Å². The minimum absolute atomic E-state index is 0. The van der Waals surface area contributed by atoms with Crippen LogP contribution in [0.3, 0.4) is 0 Å². The fraction of sp³-hybridized carbons (Fsp3) is 0.156. The normalized spacial score (nSPS) is 11.3. The number of aromatic nitrogens is 2. The number of fused-ring (bicyclic) bond motifs is 3. The Labute approximate surface area is 443 Å². The number of carboxylic acid groups (broad SMARTS) is 1. The number of hydrogen-bond acceptors (Lipinski definition) is 4. The second-order valence-corrected chi connectivity index (χ2v) is 24.9. The molecular weight excluding hydrogens is 1090 g/mol. The molecule has 0 fully saturated rings. The van der Waals surface area contributed by atoms with Crippen molar-refractivity contribution in [1.29, 1.82) is 0 Å². The van der Waals surface area contributed by atoms with Crippen molar-refractivity contribution in [3.8, 4) is 44.6 Å². The minimum atomic E-state index is -1.33. The van der Waals surface area contributed by atoms with E-state index in [1.54, 1.807) is 18.3 Å². The Balaban J connectivity index is 0.000000300. The topological polar surface area (TPSA) is 102 Å². The van der Waals surface area contributed by atoms with Gasteiger partial charge in [0, 0.05) is 29.6 Å². The van der Waals surface area contributed by atoms with E-state index in [-0.39, 0.29) is 43.3 Å². The zero-order valence-corrected chi connectivity index (χ0v) is 45.8. The van der Waals surface area contributed by atoms with Crippen LogP contribution in [0.15, 0.2) is 187 Å². The predicted octanol–water partition coefficient (Wildman–Crippen LogP) is 16.3. The first kappa shape index (κ1) is 51.8. The minimum Gasteiger partial charge on any atom is -0.520 e. The van der Waals surface area contributed by atoms with Gasteiger partial charge in [0.25, 0.3) is 5.97 Å². The van der Waals surface area contributed by atoms with E-state index in [0.29, 0.717) is 11.1 Å². The number of nitrogens with zero attached hydrogens (tertiary/aromatic N) is 4. The van der Waals surface area contributed by atoms with E-state index >= 15 is 0 Å². The molecule has 9 heteroatoms. The van der Waals surface area contributed by atoms with Gasteiger partial charge in [0.1, 0.15) is 5.58 Å². The average Bonchev–Trinajstić information content (AvgIpc) is 3.78. The third-order valence-corrected chi connectivity index (χ3v) is 15.2. The Morgan fingerprint density at radius 2 is 1.27 bits per heavy atom. The summed E-state index contributed by atoms with van der Waals surface area (Å²) in [5.41, 5.74) is 15.5. The molecule has 0 unspecified atom stereocenters. The van der Waals surface area contributed by atoms with Gasteiger partial charge in [-0.1, -0.05) is 174 Å². The summed E-state index contributed by atoms with van der Waals surface area (Å²) < 4.78 is 6.69. The molecule has 0 aliphatic heterocycles. The van der Waals surface area contributed by atoms with Crippen molar-refractivity contribution in [1.82, 2.24) is 9.97 Å². The van der Waals surface area contributed by atoms with Crippen LogP contribution in [0, 0.1) is 19.1 Å². The molecule has 10 aromatic rings. The molecule has 10 rings (SSSR count). The van der Waals surface area contributed by atoms with Crippen molar-refractivity contribution >= 4 is 58.4 Å². The van der Waals surface area contributed by atoms with Gasteiger partial charge in [-0.15, -0.1) is 59.4 Å². The Morgan fingerprint density at radius 1 is 0.671 bits per heavy atom. The fourth-order valence-electron chi connectivity index (χ4n) is 9.04. The molecule has 7 aromatic carbocycles. The molecule has 1 N–H and O–H groups in total. The summed E-state index contributed by atoms with van der Waals surface area (Å²) in [7, 11) is -1.33. The van der Waals surface area contributed by atoms with Crippen molar-refractivity contribution in [3.05, 3.63) is 228 Å². The zero-order chi connectivity index (χ0) is 50.7. The number of amidine groups is 1. The molecule has 0 saturated heterocycles. The molecule has 0 aliphatic rings. The summed E-state index contributed by atoms with van der Waals surface area (Å²) in [4.78, 5) is 21.7. The van der Waals surface area contributed by atoms with Crippen LogP contribution >= 0.6 is 0 Å². The van der Waals surface area contributed by atoms with Crippen molar-refractivity contribution in [2.45, 2.75) is 66.1 Å². The Kier molecular flexibility index (Phi) is 15.6. The maximum atomic E-state index is 12.7. The first-order valence-corrected chi connectivity index (χ1v) is 27.9. The van der Waals surface area contributed by atoms with Crippen molar-refractivity contribution < 1.29 is 34.4 Å². The number of rotatable bonds is 11. The molecule has 73 heavy (non-hydrogen) atoms. The predicted molar refractivity (Wildman–Crippen MR) is 301 cm³/mol. The van der Waals surface area contributed by atoms with Gasteiger partial charge in [-0.2, -0.15) is 0 Å². The van der Waals surface area contributed by atoms with E-state index in [9.17, 15) is 10.2 Å². The van der Waals surface area contributed by atoms with Gasteiger partial charge in [0.05, 0.1) is 8.07 Å². The molecule has 0 atom stereocenters. The molecule has 0 bridgehead atoms. The summed E-state index contributed by atoms with van der Waals surface area (Å²) in [6.45, 7) is 17.7. The van der Waals surface area contributed by atoms with Crippen LogP contribution in [0.2, 0.25) is 19.6 Å². The van der Waals surface area contributed by atoms with E-state index in [0.717, 1.165) is 77.9 Å². The van der Waals surface area contributed by atoms with Gasteiger partial charge >= 0.3 is 20.1 Å². The molecule has 7 nitrogen and oxygen atoms in total. The number of pyridine rings is 2. The fourth-order valence-corrected chi connectivity index (χ4v) is 10.1. The van der Waals surface area contributed by atoms with Gasteiger partial charge in [0.15, 0.2) is 0 Å². The second kappa shape index (κ2) is 22.1. The molecule has 0 aliphatic carbocycles. The number of hydrogen-bond donors (Lipinski definition) is 1. The van der Waals surface area contributed by atoms with Crippen LogP contribution in [0.5, 0.6) is 0 Å². The average molecular weight is 1150 g/mol. The molecule has 364 valence electrons. The van der Waals surface area contributed by atoms with Crippen LogP contribution in [0.25, 0.3) is 72.0 Å². The van der Waals surface area contributed by atoms with Crippen LogP contribution < -0.4 is 10.1 Å². The second-order valence-electron chi connectivity index (χ2n) is 19.8. The maximum Gasteiger partial charge on any atom is 3.00 e. The van der Waals surface area contributed by atoms with Gasteiger partial charge in [-0.05, 0) is 109 Å². The number of carboxylic acids is 1. The first-order valence-electron chi connectivity index (χ1n) is 24.4. The zero-order valence-electron chi connectivity index (χ0n) is 42.4. The number of aromatic carboxylic acids is 1. The molecule has 0 spiro atoms. The summed E-state index contributed by atoms with van der Waals surface area (Å²) in [6, 6.07) is 61.5. The van der Waals surface area contributed by atoms with E-state index in [4.69, 9.17) is 9.52 Å². The third-order valence-electron chi connectivity index (χ3n) is 13.2. The smallest absolute Gasteiger partial charge is 0.520 e. The first-order chi connectivity index (χ1) is 34.7. The number of aryl methyl sites for hydroxylation is 1. The largest absolute Gasteiger partial charge is 3.00 e. The monoisotopic (exact) mass is 1150 g/mol. The molecule has 0 radical (unpaired) electrons. The van der Waals surface area contributed by atoms with E-state index in [1.165, 1.54) is 22.4 Å². The standard InChI is InChI=1S/C49H41N3O.C15H16NO2Si.Ir/c1-31(2)43-27-39(35-15-10-7-11-16-35)28-44(32(3)4)47(43)52(45-30-51-26-25-33(45)5)49(50)42-18-12-17-41-40-24-23-38(29-46(40)53-48(41)42)37-21-19-36(20-22-37)34-13-8-6-9-14-34;1-19(2,3)13-8-9-14(16-10-13)11-4-6-12(7-5-11)15(17)18;/h6-17,19-32H,1-5H3;4,6-10H,1-3H3,(H,17,18);/q-2;-1;+3. The van der Waals surface area contributed by atoms with Crippen LogP contribution in [-0.4, -0.2) is 35.0 Å². The summed E-state index contributed by atoms with van der Waals surface area (Å²) in [5, 5.41) is 24.8. The Hall–Kier alpha value is -7.55. The molecule has 0 amide bonds. The van der Waals surface area contributed by atoms with Crippen molar-refractivity contribution in [3.63, 3.8) is 0 Å². The quantitative estimate of drug-likeness (QED) is 0.0599. The number of carbonyl (C=O) groups is 1. The van der Waals surface area contributed by atoms with E-state index in [1.807, 2.05) is 53.7 Å². The Morgan fingerprint density at radius 3 is 1.82 bits per heavy atom. The van der Waals surface area contributed by atoms with Crippen LogP contribution in [0.4, 0.5) is 11.4 Å². The summed E-state index contributed by atoms with van der Waals surface area (Å²) in [6.07, 6.45) is 5.54. The number of benzene rings is 7. The SMILES string of the molecule is C[Si](C)(C)c1ccc(-c2[c-]cc(C(=O)O)cc2)nc1.Cc1ccncc1N(C(=[N-])c1[c-]ccc2c1oc1cc(-c3ccc(-c4ccccc4)cc3)ccc12)c1c(C(C)C)cc(-c2ccccc2)cc1C(C)C.[Ir+3]. The van der Waals surface area contributed by atoms with E-state index in [2.05, 4.69) is 186 Å².